The van der Waals surface area contributed by atoms with Crippen molar-refractivity contribution in [2.45, 2.75) is 6.54 Å². The molecule has 2 aromatic carbocycles. The molecule has 0 spiro atoms. The van der Waals surface area contributed by atoms with Crippen LogP contribution in [0.2, 0.25) is 0 Å². The van der Waals surface area contributed by atoms with E-state index in [9.17, 15) is 18.8 Å². The first kappa shape index (κ1) is 19.8. The topological polar surface area (TPSA) is 80.2 Å². The Kier molecular flexibility index (Phi) is 6.32. The minimum absolute atomic E-state index is 0.123. The van der Waals surface area contributed by atoms with Crippen LogP contribution < -0.4 is 16.4 Å². The largest absolute Gasteiger partial charge is 0.310 e. The number of aromatic nitrogens is 1. The first-order chi connectivity index (χ1) is 14.0. The summed E-state index contributed by atoms with van der Waals surface area (Å²) in [5, 5.41) is 0. The van der Waals surface area contributed by atoms with Gasteiger partial charge in [0.1, 0.15) is 11.4 Å². The zero-order chi connectivity index (χ0) is 20.6. The van der Waals surface area contributed by atoms with Crippen molar-refractivity contribution in [1.82, 2.24) is 15.4 Å². The van der Waals surface area contributed by atoms with Crippen LogP contribution in [0.15, 0.2) is 83.8 Å². The minimum Gasteiger partial charge on any atom is -0.310 e. The molecule has 3 rings (SSSR count). The van der Waals surface area contributed by atoms with Gasteiger partial charge < -0.3 is 4.57 Å². The molecule has 0 aliphatic rings. The van der Waals surface area contributed by atoms with Gasteiger partial charge in [-0.2, -0.15) is 0 Å². The second-order valence-electron chi connectivity index (χ2n) is 6.17. The van der Waals surface area contributed by atoms with Crippen LogP contribution in [0.25, 0.3) is 6.08 Å². The highest BCUT2D eigenvalue weighted by molar-refractivity contribution is 5.97. The molecule has 0 aliphatic carbocycles. The van der Waals surface area contributed by atoms with Crippen molar-refractivity contribution in [2.75, 3.05) is 0 Å². The summed E-state index contributed by atoms with van der Waals surface area (Å²) in [7, 11) is 0. The molecule has 146 valence electrons. The Bertz CT molecular complexity index is 1090. The van der Waals surface area contributed by atoms with Gasteiger partial charge in [-0.1, -0.05) is 42.5 Å². The first-order valence-corrected chi connectivity index (χ1v) is 8.80. The lowest BCUT2D eigenvalue weighted by Crippen LogP contribution is -2.43. The van der Waals surface area contributed by atoms with E-state index in [0.717, 1.165) is 5.56 Å². The maximum Gasteiger partial charge on any atom is 0.275 e. The monoisotopic (exact) mass is 391 g/mol. The summed E-state index contributed by atoms with van der Waals surface area (Å²) in [6.45, 7) is 0.187. The highest BCUT2D eigenvalue weighted by Crippen LogP contribution is 2.04. The summed E-state index contributed by atoms with van der Waals surface area (Å²) in [5.74, 6) is -1.64. The molecule has 1 aromatic heterocycles. The Morgan fingerprint density at radius 1 is 0.931 bits per heavy atom. The fourth-order valence-electron chi connectivity index (χ4n) is 2.58. The van der Waals surface area contributed by atoms with E-state index in [2.05, 4.69) is 10.9 Å². The van der Waals surface area contributed by atoms with Crippen molar-refractivity contribution in [2.24, 2.45) is 0 Å². The molecular weight excluding hydrogens is 373 g/mol. The van der Waals surface area contributed by atoms with Crippen LogP contribution in [0, 0.1) is 5.82 Å². The van der Waals surface area contributed by atoms with E-state index < -0.39 is 17.4 Å². The van der Waals surface area contributed by atoms with Crippen molar-refractivity contribution < 1.29 is 14.0 Å². The molecule has 0 saturated carbocycles. The third kappa shape index (κ3) is 5.49. The van der Waals surface area contributed by atoms with Crippen molar-refractivity contribution in [3.63, 3.8) is 0 Å². The molecule has 6 nitrogen and oxygen atoms in total. The van der Waals surface area contributed by atoms with Crippen LogP contribution in [0.5, 0.6) is 0 Å². The second kappa shape index (κ2) is 9.27. The van der Waals surface area contributed by atoms with Gasteiger partial charge in [-0.25, -0.2) is 4.39 Å². The fraction of sp³-hybridized carbons (Fsp3) is 0.0455. The molecule has 0 saturated heterocycles. The molecule has 0 fully saturated rings. The summed E-state index contributed by atoms with van der Waals surface area (Å²) >= 11 is 0. The summed E-state index contributed by atoms with van der Waals surface area (Å²) < 4.78 is 14.3. The Balaban J connectivity index is 1.63. The second-order valence-corrected chi connectivity index (χ2v) is 6.17. The number of carbonyl (C=O) groups is 2. The van der Waals surface area contributed by atoms with Gasteiger partial charge in [-0.3, -0.25) is 25.2 Å². The summed E-state index contributed by atoms with van der Waals surface area (Å²) in [6.07, 6.45) is 4.40. The molecule has 0 atom stereocenters. The molecule has 0 bridgehead atoms. The fourth-order valence-corrected chi connectivity index (χ4v) is 2.58. The number of nitrogens with one attached hydrogen (secondary N) is 2. The van der Waals surface area contributed by atoms with Crippen LogP contribution in [-0.4, -0.2) is 16.4 Å². The first-order valence-electron chi connectivity index (χ1n) is 8.80. The van der Waals surface area contributed by atoms with Gasteiger partial charge >= 0.3 is 0 Å². The quantitative estimate of drug-likeness (QED) is 0.518. The SMILES string of the molecule is O=C(/C=C\c1ccccc1)NNC(=O)c1cccn(Cc2ccc(F)cc2)c1=O. The van der Waals surface area contributed by atoms with Crippen molar-refractivity contribution in [3.8, 4) is 0 Å². The van der Waals surface area contributed by atoms with Crippen LogP contribution in [0.4, 0.5) is 4.39 Å². The van der Waals surface area contributed by atoms with Gasteiger partial charge in [-0.15, -0.1) is 0 Å². The van der Waals surface area contributed by atoms with E-state index in [1.807, 2.05) is 30.3 Å². The zero-order valence-corrected chi connectivity index (χ0v) is 15.3. The highest BCUT2D eigenvalue weighted by atomic mass is 19.1. The highest BCUT2D eigenvalue weighted by Gasteiger charge is 2.12. The molecule has 0 radical (unpaired) electrons. The molecular formula is C22H18FN3O3. The standard InChI is InChI=1S/C22H18FN3O3/c23-18-11-8-17(9-12-18)15-26-14-4-7-19(22(26)29)21(28)25-24-20(27)13-10-16-5-2-1-3-6-16/h1-14H,15H2,(H,24,27)(H,25,28)/b13-10-. The van der Waals surface area contributed by atoms with Crippen molar-refractivity contribution in [1.29, 1.82) is 0 Å². The lowest BCUT2D eigenvalue weighted by molar-refractivity contribution is -0.117. The maximum atomic E-state index is 13.0. The number of pyridine rings is 1. The van der Waals surface area contributed by atoms with E-state index >= 15 is 0 Å². The number of hydrogen-bond donors (Lipinski definition) is 2. The number of hydrogen-bond acceptors (Lipinski definition) is 3. The predicted octanol–water partition coefficient (Wildman–Crippen LogP) is 2.51. The lowest BCUT2D eigenvalue weighted by atomic mass is 10.2. The molecule has 29 heavy (non-hydrogen) atoms. The van der Waals surface area contributed by atoms with Gasteiger partial charge in [0, 0.05) is 12.3 Å². The Morgan fingerprint density at radius 3 is 2.38 bits per heavy atom. The van der Waals surface area contributed by atoms with Gasteiger partial charge in [-0.05, 0) is 41.5 Å². The van der Waals surface area contributed by atoms with E-state index in [1.165, 1.54) is 35.0 Å². The third-order valence-electron chi connectivity index (χ3n) is 4.06. The molecule has 2 N–H and O–H groups in total. The number of carbonyl (C=O) groups excluding carboxylic acids is 2. The normalized spacial score (nSPS) is 10.7. The van der Waals surface area contributed by atoms with E-state index in [-0.39, 0.29) is 17.9 Å². The number of rotatable bonds is 5. The van der Waals surface area contributed by atoms with Crippen LogP contribution >= 0.6 is 0 Å². The molecule has 3 aromatic rings. The summed E-state index contributed by atoms with van der Waals surface area (Å²) in [6, 6.07) is 17.8. The number of benzene rings is 2. The van der Waals surface area contributed by atoms with Gasteiger partial charge in [0.15, 0.2) is 0 Å². The predicted molar refractivity (Wildman–Crippen MR) is 107 cm³/mol. The smallest absolute Gasteiger partial charge is 0.275 e. The number of amides is 2. The van der Waals surface area contributed by atoms with Gasteiger partial charge in [0.2, 0.25) is 0 Å². The van der Waals surface area contributed by atoms with Crippen molar-refractivity contribution >= 4 is 17.9 Å². The van der Waals surface area contributed by atoms with E-state index in [0.29, 0.717) is 5.56 Å². The zero-order valence-electron chi connectivity index (χ0n) is 15.3. The minimum atomic E-state index is -0.732. The number of nitrogens with zero attached hydrogens (tertiary/aromatic N) is 1. The van der Waals surface area contributed by atoms with E-state index in [1.54, 1.807) is 24.3 Å². The average Bonchev–Trinajstić information content (AvgIpc) is 2.74. The van der Waals surface area contributed by atoms with Gasteiger partial charge in [0.05, 0.1) is 6.54 Å². The Hall–Kier alpha value is -4.00. The summed E-state index contributed by atoms with van der Waals surface area (Å²) in [5.41, 5.74) is 5.36. The average molecular weight is 391 g/mol. The van der Waals surface area contributed by atoms with Crippen molar-refractivity contribution in [3.05, 3.63) is 112 Å². The molecule has 0 unspecified atom stereocenters. The Morgan fingerprint density at radius 2 is 1.66 bits per heavy atom. The van der Waals surface area contributed by atoms with E-state index in [4.69, 9.17) is 0 Å². The number of hydrazine groups is 1. The lowest BCUT2D eigenvalue weighted by Gasteiger charge is -2.09. The van der Waals surface area contributed by atoms with Crippen LogP contribution in [-0.2, 0) is 11.3 Å². The van der Waals surface area contributed by atoms with Crippen LogP contribution in [0.3, 0.4) is 0 Å². The molecule has 7 heteroatoms. The molecule has 2 amide bonds. The molecule has 1 heterocycles. The summed E-state index contributed by atoms with van der Waals surface area (Å²) in [4.78, 5) is 36.7. The molecule has 0 aliphatic heterocycles. The maximum absolute atomic E-state index is 13.0. The van der Waals surface area contributed by atoms with Crippen LogP contribution in [0.1, 0.15) is 21.5 Å². The third-order valence-corrected chi connectivity index (χ3v) is 4.06. The number of halogens is 1. The van der Waals surface area contributed by atoms with Gasteiger partial charge in [0.25, 0.3) is 17.4 Å². The Labute approximate surface area is 166 Å².